The van der Waals surface area contributed by atoms with E-state index < -0.39 is 0 Å². The number of ether oxygens (including phenoxy) is 1. The maximum Gasteiger partial charge on any atom is 0.140 e. The number of halogens is 2. The van der Waals surface area contributed by atoms with Gasteiger partial charge in [0, 0.05) is 0 Å². The topological polar surface area (TPSA) is 21.6 Å². The quantitative estimate of drug-likeness (QED) is 0.581. The molecule has 0 unspecified atom stereocenters. The normalized spacial score (nSPS) is 9.43. The molecule has 0 atom stereocenters. The molecule has 1 aromatic carbocycles. The molecule has 0 bridgehead atoms. The number of hydrogen-bond donors (Lipinski definition) is 0. The SMILES string of the molecule is COc1cc(C)c(Cl)c(N=C=S)c1Cl. The van der Waals surface area contributed by atoms with Crippen molar-refractivity contribution < 1.29 is 4.74 Å². The van der Waals surface area contributed by atoms with Crippen LogP contribution in [0.2, 0.25) is 10.0 Å². The van der Waals surface area contributed by atoms with E-state index in [1.807, 2.05) is 6.92 Å². The Kier molecular flexibility index (Phi) is 3.90. The highest BCUT2D eigenvalue weighted by Gasteiger charge is 2.13. The van der Waals surface area contributed by atoms with E-state index in [1.165, 1.54) is 7.11 Å². The fourth-order valence-electron chi connectivity index (χ4n) is 1.02. The highest BCUT2D eigenvalue weighted by Crippen LogP contribution is 2.41. The first-order valence-corrected chi connectivity index (χ1v) is 4.88. The monoisotopic (exact) mass is 247 g/mol. The first-order valence-electron chi connectivity index (χ1n) is 3.72. The Morgan fingerprint density at radius 1 is 1.43 bits per heavy atom. The lowest BCUT2D eigenvalue weighted by atomic mass is 10.2. The van der Waals surface area contributed by atoms with Crippen molar-refractivity contribution in [1.82, 2.24) is 0 Å². The summed E-state index contributed by atoms with van der Waals surface area (Å²) in [5.74, 6) is 0.526. The first-order chi connectivity index (χ1) is 6.61. The van der Waals surface area contributed by atoms with Gasteiger partial charge in [0.1, 0.15) is 16.5 Å². The molecule has 0 aliphatic carbocycles. The van der Waals surface area contributed by atoms with E-state index in [4.69, 9.17) is 27.9 Å². The molecule has 14 heavy (non-hydrogen) atoms. The Labute approximate surface area is 97.5 Å². The van der Waals surface area contributed by atoms with Crippen molar-refractivity contribution in [3.05, 3.63) is 21.7 Å². The van der Waals surface area contributed by atoms with E-state index in [2.05, 4.69) is 22.4 Å². The summed E-state index contributed by atoms with van der Waals surface area (Å²) >= 11 is 16.5. The summed E-state index contributed by atoms with van der Waals surface area (Å²) in [5, 5.41) is 3.04. The standard InChI is InChI=1S/C9H7Cl2NOS/c1-5-3-6(13-2)8(11)9(7(5)10)12-4-14/h3H,1-2H3. The molecule has 74 valence electrons. The van der Waals surface area contributed by atoms with Crippen LogP contribution in [0.1, 0.15) is 5.56 Å². The van der Waals surface area contributed by atoms with Gasteiger partial charge in [0.15, 0.2) is 0 Å². The average molecular weight is 248 g/mol. The van der Waals surface area contributed by atoms with E-state index in [1.54, 1.807) is 6.07 Å². The van der Waals surface area contributed by atoms with Crippen LogP contribution >= 0.6 is 35.4 Å². The molecule has 0 spiro atoms. The summed E-state index contributed by atoms with van der Waals surface area (Å²) < 4.78 is 5.06. The van der Waals surface area contributed by atoms with Crippen molar-refractivity contribution in [1.29, 1.82) is 0 Å². The highest BCUT2D eigenvalue weighted by molar-refractivity contribution is 7.78. The summed E-state index contributed by atoms with van der Waals surface area (Å²) in [6.07, 6.45) is 0. The third-order valence-corrected chi connectivity index (χ3v) is 2.64. The van der Waals surface area contributed by atoms with E-state index in [0.29, 0.717) is 21.5 Å². The van der Waals surface area contributed by atoms with Crippen molar-refractivity contribution in [2.75, 3.05) is 7.11 Å². The zero-order valence-electron chi connectivity index (χ0n) is 7.60. The van der Waals surface area contributed by atoms with Crippen LogP contribution in [0, 0.1) is 6.92 Å². The summed E-state index contributed by atoms with van der Waals surface area (Å²) in [6.45, 7) is 1.84. The summed E-state index contributed by atoms with van der Waals surface area (Å²) in [7, 11) is 1.53. The Hall–Kier alpha value is -0.600. The van der Waals surface area contributed by atoms with Gasteiger partial charge in [-0.05, 0) is 30.8 Å². The van der Waals surface area contributed by atoms with Crippen molar-refractivity contribution in [3.63, 3.8) is 0 Å². The fraction of sp³-hybridized carbons (Fsp3) is 0.222. The zero-order valence-corrected chi connectivity index (χ0v) is 9.93. The molecule has 0 aliphatic heterocycles. The molecule has 1 aromatic rings. The third-order valence-electron chi connectivity index (χ3n) is 1.70. The van der Waals surface area contributed by atoms with Gasteiger partial charge in [-0.1, -0.05) is 23.2 Å². The van der Waals surface area contributed by atoms with E-state index >= 15 is 0 Å². The van der Waals surface area contributed by atoms with Crippen molar-refractivity contribution in [3.8, 4) is 5.75 Å². The molecule has 5 heteroatoms. The van der Waals surface area contributed by atoms with Crippen LogP contribution in [0.25, 0.3) is 0 Å². The van der Waals surface area contributed by atoms with Gasteiger partial charge < -0.3 is 4.74 Å². The Balaban J connectivity index is 3.52. The second-order valence-electron chi connectivity index (χ2n) is 2.58. The third kappa shape index (κ3) is 2.07. The number of nitrogens with zero attached hydrogens (tertiary/aromatic N) is 1. The van der Waals surface area contributed by atoms with Crippen molar-refractivity contribution >= 4 is 46.3 Å². The largest absolute Gasteiger partial charge is 0.495 e. The van der Waals surface area contributed by atoms with Gasteiger partial charge in [-0.2, -0.15) is 4.99 Å². The fourth-order valence-corrected chi connectivity index (χ4v) is 1.61. The molecule has 2 nitrogen and oxygen atoms in total. The average Bonchev–Trinajstić information content (AvgIpc) is 2.18. The molecule has 0 N–H and O–H groups in total. The smallest absolute Gasteiger partial charge is 0.140 e. The molecule has 0 amide bonds. The van der Waals surface area contributed by atoms with Crippen LogP contribution in [-0.2, 0) is 0 Å². The Morgan fingerprint density at radius 3 is 2.57 bits per heavy atom. The molecule has 0 radical (unpaired) electrons. The van der Waals surface area contributed by atoms with Crippen molar-refractivity contribution in [2.24, 2.45) is 4.99 Å². The molecule has 0 heterocycles. The molecule has 0 saturated heterocycles. The van der Waals surface area contributed by atoms with E-state index in [-0.39, 0.29) is 0 Å². The maximum absolute atomic E-state index is 5.99. The highest BCUT2D eigenvalue weighted by atomic mass is 35.5. The van der Waals surface area contributed by atoms with Crippen molar-refractivity contribution in [2.45, 2.75) is 6.92 Å². The van der Waals surface area contributed by atoms with Crippen LogP contribution in [-0.4, -0.2) is 12.3 Å². The Bertz CT molecular complexity index is 414. The summed E-state index contributed by atoms with van der Waals surface area (Å²) in [5.41, 5.74) is 1.23. The minimum absolute atomic E-state index is 0.348. The number of benzene rings is 1. The lowest BCUT2D eigenvalue weighted by Gasteiger charge is -2.08. The van der Waals surface area contributed by atoms with Gasteiger partial charge in [0.25, 0.3) is 0 Å². The van der Waals surface area contributed by atoms with Gasteiger partial charge in [-0.15, -0.1) is 0 Å². The van der Waals surface area contributed by atoms with Gasteiger partial charge >= 0.3 is 0 Å². The molecule has 0 aromatic heterocycles. The number of aryl methyl sites for hydroxylation is 1. The van der Waals surface area contributed by atoms with Gasteiger partial charge in [-0.25, -0.2) is 0 Å². The van der Waals surface area contributed by atoms with Gasteiger partial charge in [0.2, 0.25) is 0 Å². The van der Waals surface area contributed by atoms with Gasteiger partial charge in [-0.3, -0.25) is 0 Å². The second kappa shape index (κ2) is 4.76. The minimum Gasteiger partial charge on any atom is -0.495 e. The van der Waals surface area contributed by atoms with Crippen LogP contribution in [0.15, 0.2) is 11.1 Å². The van der Waals surface area contributed by atoms with Crippen LogP contribution in [0.3, 0.4) is 0 Å². The Morgan fingerprint density at radius 2 is 2.07 bits per heavy atom. The lowest BCUT2D eigenvalue weighted by Crippen LogP contribution is -1.87. The summed E-state index contributed by atoms with van der Waals surface area (Å²) in [4.78, 5) is 3.80. The number of isothiocyanates is 1. The molecule has 0 fully saturated rings. The van der Waals surface area contributed by atoms with Crippen LogP contribution < -0.4 is 4.74 Å². The predicted molar refractivity (Wildman–Crippen MR) is 62.4 cm³/mol. The molecule has 0 saturated carbocycles. The maximum atomic E-state index is 5.99. The van der Waals surface area contributed by atoms with Crippen LogP contribution in [0.4, 0.5) is 5.69 Å². The number of thiocarbonyl (C=S) groups is 1. The second-order valence-corrected chi connectivity index (χ2v) is 3.51. The van der Waals surface area contributed by atoms with E-state index in [9.17, 15) is 0 Å². The molecular formula is C9H7Cl2NOS. The number of methoxy groups -OCH3 is 1. The number of aliphatic imine (C=N–C) groups is 1. The summed E-state index contributed by atoms with van der Waals surface area (Å²) in [6, 6.07) is 1.74. The van der Waals surface area contributed by atoms with Gasteiger partial charge in [0.05, 0.1) is 17.3 Å². The molecule has 1 rings (SSSR count). The molecular weight excluding hydrogens is 241 g/mol. The predicted octanol–water partition coefficient (Wildman–Crippen LogP) is 4.04. The van der Waals surface area contributed by atoms with E-state index in [0.717, 1.165) is 5.56 Å². The molecule has 0 aliphatic rings. The first kappa shape index (κ1) is 11.5. The number of rotatable bonds is 2. The lowest BCUT2D eigenvalue weighted by molar-refractivity contribution is 0.415. The van der Waals surface area contributed by atoms with Crippen LogP contribution in [0.5, 0.6) is 5.75 Å². The zero-order chi connectivity index (χ0) is 10.7. The number of hydrogen-bond acceptors (Lipinski definition) is 3. The minimum atomic E-state index is 0.348.